The fourth-order valence-corrected chi connectivity index (χ4v) is 2.73. The first-order valence-electron chi connectivity index (χ1n) is 8.19. The van der Waals surface area contributed by atoms with Gasteiger partial charge in [-0.15, -0.1) is 0 Å². The Morgan fingerprint density at radius 3 is 2.36 bits per heavy atom. The van der Waals surface area contributed by atoms with Gasteiger partial charge in [0.25, 0.3) is 11.8 Å². The highest BCUT2D eigenvalue weighted by atomic mass is 35.5. The largest absolute Gasteiger partial charge is 0.495 e. The Bertz CT molecular complexity index is 1000. The average molecular weight is 401 g/mol. The molecule has 144 valence electrons. The third-order valence-corrected chi connectivity index (χ3v) is 4.16. The van der Waals surface area contributed by atoms with Gasteiger partial charge < -0.3 is 24.5 Å². The van der Waals surface area contributed by atoms with E-state index in [1.54, 1.807) is 42.5 Å². The van der Waals surface area contributed by atoms with Crippen molar-refractivity contribution in [3.8, 4) is 11.5 Å². The van der Waals surface area contributed by atoms with Gasteiger partial charge in [-0.1, -0.05) is 11.6 Å². The van der Waals surface area contributed by atoms with E-state index in [9.17, 15) is 9.59 Å². The molecule has 0 fully saturated rings. The first kappa shape index (κ1) is 19.3. The molecule has 0 unspecified atom stereocenters. The lowest BCUT2D eigenvalue weighted by atomic mass is 10.2. The molecule has 0 saturated carbocycles. The Kier molecular flexibility index (Phi) is 5.86. The van der Waals surface area contributed by atoms with Gasteiger partial charge in [-0.2, -0.15) is 0 Å². The molecule has 0 spiro atoms. The Balaban J connectivity index is 1.75. The van der Waals surface area contributed by atoms with Crippen LogP contribution in [0.5, 0.6) is 11.5 Å². The quantitative estimate of drug-likeness (QED) is 0.637. The minimum atomic E-state index is -0.409. The molecule has 0 aliphatic carbocycles. The highest BCUT2D eigenvalue weighted by molar-refractivity contribution is 6.32. The van der Waals surface area contributed by atoms with Crippen molar-refractivity contribution >= 4 is 34.8 Å². The van der Waals surface area contributed by atoms with Gasteiger partial charge in [0.2, 0.25) is 0 Å². The molecule has 8 heteroatoms. The summed E-state index contributed by atoms with van der Waals surface area (Å²) >= 11 is 6.06. The molecule has 2 amide bonds. The van der Waals surface area contributed by atoms with Crippen LogP contribution in [0.4, 0.5) is 11.4 Å². The summed E-state index contributed by atoms with van der Waals surface area (Å²) in [5, 5.41) is 5.79. The van der Waals surface area contributed by atoms with Crippen LogP contribution in [0.2, 0.25) is 5.02 Å². The fraction of sp³-hybridized carbons (Fsp3) is 0.100. The molecule has 0 atom stereocenters. The zero-order valence-corrected chi connectivity index (χ0v) is 15.9. The number of anilines is 2. The molecule has 1 heterocycles. The van der Waals surface area contributed by atoms with Gasteiger partial charge in [-0.3, -0.25) is 9.59 Å². The van der Waals surface area contributed by atoms with Crippen LogP contribution in [0.25, 0.3) is 0 Å². The maximum absolute atomic E-state index is 12.5. The minimum Gasteiger partial charge on any atom is -0.495 e. The van der Waals surface area contributed by atoms with Crippen molar-refractivity contribution in [2.75, 3.05) is 24.9 Å². The monoisotopic (exact) mass is 400 g/mol. The minimum absolute atomic E-state index is 0.177. The predicted molar refractivity (Wildman–Crippen MR) is 106 cm³/mol. The number of rotatable bonds is 6. The Morgan fingerprint density at radius 2 is 1.71 bits per heavy atom. The molecule has 0 saturated heterocycles. The summed E-state index contributed by atoms with van der Waals surface area (Å²) in [5.41, 5.74) is 1.30. The van der Waals surface area contributed by atoms with Crippen LogP contribution >= 0.6 is 11.6 Å². The normalized spacial score (nSPS) is 10.2. The van der Waals surface area contributed by atoms with E-state index in [0.717, 1.165) is 0 Å². The number of methoxy groups -OCH3 is 2. The number of hydrogen-bond acceptors (Lipinski definition) is 5. The van der Waals surface area contributed by atoms with E-state index in [0.29, 0.717) is 33.5 Å². The molecule has 0 radical (unpaired) electrons. The fourth-order valence-electron chi connectivity index (χ4n) is 2.47. The molecular weight excluding hydrogens is 384 g/mol. The second-order valence-corrected chi connectivity index (χ2v) is 6.06. The van der Waals surface area contributed by atoms with E-state index < -0.39 is 5.91 Å². The maximum Gasteiger partial charge on any atom is 0.291 e. The van der Waals surface area contributed by atoms with Crippen LogP contribution in [-0.4, -0.2) is 26.0 Å². The zero-order chi connectivity index (χ0) is 20.1. The maximum atomic E-state index is 12.5. The van der Waals surface area contributed by atoms with E-state index in [-0.39, 0.29) is 11.7 Å². The van der Waals surface area contributed by atoms with Crippen LogP contribution in [0.3, 0.4) is 0 Å². The van der Waals surface area contributed by atoms with Gasteiger partial charge in [0.15, 0.2) is 5.76 Å². The number of furan rings is 1. The van der Waals surface area contributed by atoms with Crippen LogP contribution < -0.4 is 20.1 Å². The second-order valence-electron chi connectivity index (χ2n) is 5.65. The number of benzene rings is 2. The summed E-state index contributed by atoms with van der Waals surface area (Å²) in [6.45, 7) is 0. The molecule has 2 aromatic carbocycles. The number of carbonyl (C=O) groups excluding carboxylic acids is 2. The Morgan fingerprint density at radius 1 is 0.929 bits per heavy atom. The Labute approximate surface area is 166 Å². The summed E-state index contributed by atoms with van der Waals surface area (Å²) in [6, 6.07) is 12.8. The van der Waals surface area contributed by atoms with E-state index in [4.69, 9.17) is 25.5 Å². The number of amides is 2. The molecule has 2 N–H and O–H groups in total. The summed E-state index contributed by atoms with van der Waals surface area (Å²) in [4.78, 5) is 24.6. The van der Waals surface area contributed by atoms with Crippen LogP contribution in [0.15, 0.2) is 59.2 Å². The van der Waals surface area contributed by atoms with Gasteiger partial charge in [0.1, 0.15) is 11.5 Å². The van der Waals surface area contributed by atoms with Crippen molar-refractivity contribution in [1.29, 1.82) is 0 Å². The molecule has 3 aromatic rings. The van der Waals surface area contributed by atoms with Crippen LogP contribution in [0.1, 0.15) is 20.9 Å². The first-order valence-corrected chi connectivity index (χ1v) is 8.57. The van der Waals surface area contributed by atoms with Crippen molar-refractivity contribution < 1.29 is 23.5 Å². The summed E-state index contributed by atoms with van der Waals surface area (Å²) in [6.07, 6.45) is 1.41. The molecule has 0 aliphatic rings. The van der Waals surface area contributed by atoms with Gasteiger partial charge >= 0.3 is 0 Å². The number of carbonyl (C=O) groups is 2. The van der Waals surface area contributed by atoms with Crippen molar-refractivity contribution in [2.45, 2.75) is 0 Å². The van der Waals surface area contributed by atoms with Gasteiger partial charge in [0.05, 0.1) is 31.2 Å². The molecule has 0 aliphatic heterocycles. The zero-order valence-electron chi connectivity index (χ0n) is 15.1. The smallest absolute Gasteiger partial charge is 0.291 e. The molecular formula is C20H17ClN2O5. The molecule has 28 heavy (non-hydrogen) atoms. The molecule has 1 aromatic heterocycles. The van der Waals surface area contributed by atoms with E-state index in [2.05, 4.69) is 10.6 Å². The molecule has 7 nitrogen and oxygen atoms in total. The van der Waals surface area contributed by atoms with E-state index >= 15 is 0 Å². The van der Waals surface area contributed by atoms with Gasteiger partial charge in [0, 0.05) is 17.3 Å². The molecule has 0 bridgehead atoms. The van der Waals surface area contributed by atoms with Gasteiger partial charge in [-0.25, -0.2) is 0 Å². The van der Waals surface area contributed by atoms with E-state index in [1.165, 1.54) is 26.5 Å². The lowest BCUT2D eigenvalue weighted by molar-refractivity contribution is 0.0994. The van der Waals surface area contributed by atoms with Crippen molar-refractivity contribution in [3.05, 3.63) is 71.1 Å². The topological polar surface area (TPSA) is 89.8 Å². The standard InChI is InChI=1S/C20H17ClN2O5/c1-26-16-8-5-12(10-14(16)21)19(24)22-13-6-7-15(18(11-13)27-2)23-20(25)17-4-3-9-28-17/h3-11H,1-2H3,(H,22,24)(H,23,25). The highest BCUT2D eigenvalue weighted by Gasteiger charge is 2.14. The molecule has 3 rings (SSSR count). The number of halogens is 1. The van der Waals surface area contributed by atoms with Gasteiger partial charge in [-0.05, 0) is 42.5 Å². The summed E-state index contributed by atoms with van der Waals surface area (Å²) < 4.78 is 15.4. The van der Waals surface area contributed by atoms with Crippen LogP contribution in [0, 0.1) is 0 Å². The first-order chi connectivity index (χ1) is 13.5. The number of nitrogens with one attached hydrogen (secondary N) is 2. The van der Waals surface area contributed by atoms with Crippen LogP contribution in [-0.2, 0) is 0 Å². The predicted octanol–water partition coefficient (Wildman–Crippen LogP) is 4.45. The second kappa shape index (κ2) is 8.49. The van der Waals surface area contributed by atoms with E-state index in [1.807, 2.05) is 0 Å². The Hall–Kier alpha value is -3.45. The third-order valence-electron chi connectivity index (χ3n) is 3.87. The van der Waals surface area contributed by atoms with Crippen molar-refractivity contribution in [2.24, 2.45) is 0 Å². The lowest BCUT2D eigenvalue weighted by Gasteiger charge is -2.12. The van der Waals surface area contributed by atoms with Crippen molar-refractivity contribution in [3.63, 3.8) is 0 Å². The number of hydrogen-bond donors (Lipinski definition) is 2. The number of ether oxygens (including phenoxy) is 2. The average Bonchev–Trinajstić information content (AvgIpc) is 3.24. The third kappa shape index (κ3) is 4.27. The highest BCUT2D eigenvalue weighted by Crippen LogP contribution is 2.29. The SMILES string of the molecule is COc1ccc(C(=O)Nc2ccc(NC(=O)c3ccco3)c(OC)c2)cc1Cl. The van der Waals surface area contributed by atoms with Crippen molar-refractivity contribution in [1.82, 2.24) is 0 Å². The summed E-state index contributed by atoms with van der Waals surface area (Å²) in [5.74, 6) is 0.282. The summed E-state index contributed by atoms with van der Waals surface area (Å²) in [7, 11) is 2.96. The lowest BCUT2D eigenvalue weighted by Crippen LogP contribution is -2.14.